The summed E-state index contributed by atoms with van der Waals surface area (Å²) in [6.45, 7) is 3.76. The van der Waals surface area contributed by atoms with Crippen LogP contribution in [0.2, 0.25) is 0 Å². The Morgan fingerprint density at radius 3 is 2.23 bits per heavy atom. The van der Waals surface area contributed by atoms with Gasteiger partial charge in [0, 0.05) is 11.8 Å². The molecule has 2 aromatic rings. The monoisotopic (exact) mass is 297 g/mol. The van der Waals surface area contributed by atoms with E-state index < -0.39 is 0 Å². The molecule has 0 aliphatic heterocycles. The number of para-hydroxylation sites is 2. The molecule has 0 saturated heterocycles. The van der Waals surface area contributed by atoms with Crippen molar-refractivity contribution < 1.29 is 14.3 Å². The second kappa shape index (κ2) is 7.31. The maximum Gasteiger partial charge on any atom is 0.248 e. The molecule has 22 heavy (non-hydrogen) atoms. The van der Waals surface area contributed by atoms with Crippen molar-refractivity contribution in [3.05, 3.63) is 60.2 Å². The number of hydrogen-bond donors (Lipinski definition) is 1. The van der Waals surface area contributed by atoms with Crippen molar-refractivity contribution in [2.45, 2.75) is 13.8 Å². The highest BCUT2D eigenvalue weighted by Gasteiger charge is 2.05. The lowest BCUT2D eigenvalue weighted by Gasteiger charge is -2.10. The van der Waals surface area contributed by atoms with Crippen LogP contribution in [0.4, 0.5) is 5.69 Å². The largest absolute Gasteiger partial charge is 0.493 e. The SMILES string of the molecule is COc1ccccc1Oc1ccc(NC(=O)C=C(C)C)cc1. The van der Waals surface area contributed by atoms with Gasteiger partial charge in [0.05, 0.1) is 7.11 Å². The molecule has 0 heterocycles. The normalized spacial score (nSPS) is 9.77. The van der Waals surface area contributed by atoms with Gasteiger partial charge in [0.25, 0.3) is 0 Å². The van der Waals surface area contributed by atoms with Crippen LogP contribution < -0.4 is 14.8 Å². The molecule has 0 saturated carbocycles. The second-order valence-electron chi connectivity index (χ2n) is 4.99. The first kappa shape index (κ1) is 15.6. The van der Waals surface area contributed by atoms with Crippen molar-refractivity contribution in [3.8, 4) is 17.2 Å². The van der Waals surface area contributed by atoms with Crippen molar-refractivity contribution in [3.63, 3.8) is 0 Å². The van der Waals surface area contributed by atoms with E-state index in [0.29, 0.717) is 17.2 Å². The Balaban J connectivity index is 2.06. The van der Waals surface area contributed by atoms with E-state index in [2.05, 4.69) is 5.32 Å². The summed E-state index contributed by atoms with van der Waals surface area (Å²) in [4.78, 5) is 11.6. The van der Waals surface area contributed by atoms with Crippen LogP contribution in [0, 0.1) is 0 Å². The van der Waals surface area contributed by atoms with Crippen molar-refractivity contribution in [2.24, 2.45) is 0 Å². The van der Waals surface area contributed by atoms with E-state index in [1.165, 1.54) is 0 Å². The number of allylic oxidation sites excluding steroid dienone is 1. The summed E-state index contributed by atoms with van der Waals surface area (Å²) in [6.07, 6.45) is 1.55. The number of carbonyl (C=O) groups is 1. The third-order valence-electron chi connectivity index (χ3n) is 2.84. The fourth-order valence-electron chi connectivity index (χ4n) is 1.88. The molecular weight excluding hydrogens is 278 g/mol. The second-order valence-corrected chi connectivity index (χ2v) is 4.99. The molecule has 0 radical (unpaired) electrons. The summed E-state index contributed by atoms with van der Waals surface area (Å²) < 4.78 is 11.0. The van der Waals surface area contributed by atoms with E-state index in [0.717, 1.165) is 11.3 Å². The molecule has 0 aliphatic rings. The summed E-state index contributed by atoms with van der Waals surface area (Å²) in [5.74, 6) is 1.85. The van der Waals surface area contributed by atoms with Crippen molar-refractivity contribution in [1.29, 1.82) is 0 Å². The van der Waals surface area contributed by atoms with E-state index in [-0.39, 0.29) is 5.91 Å². The zero-order chi connectivity index (χ0) is 15.9. The summed E-state index contributed by atoms with van der Waals surface area (Å²) >= 11 is 0. The van der Waals surface area contributed by atoms with Gasteiger partial charge < -0.3 is 14.8 Å². The van der Waals surface area contributed by atoms with Gasteiger partial charge in [-0.05, 0) is 50.2 Å². The molecule has 0 unspecified atom stereocenters. The number of ether oxygens (including phenoxy) is 2. The lowest BCUT2D eigenvalue weighted by atomic mass is 10.2. The third-order valence-corrected chi connectivity index (χ3v) is 2.84. The zero-order valence-corrected chi connectivity index (χ0v) is 12.9. The van der Waals surface area contributed by atoms with Gasteiger partial charge in [0.2, 0.25) is 5.91 Å². The summed E-state index contributed by atoms with van der Waals surface area (Å²) in [5.41, 5.74) is 1.67. The Hall–Kier alpha value is -2.75. The number of hydrogen-bond acceptors (Lipinski definition) is 3. The summed E-state index contributed by atoms with van der Waals surface area (Å²) in [7, 11) is 1.60. The van der Waals surface area contributed by atoms with Crippen LogP contribution in [0.1, 0.15) is 13.8 Å². The average Bonchev–Trinajstić information content (AvgIpc) is 2.49. The van der Waals surface area contributed by atoms with Gasteiger partial charge >= 0.3 is 0 Å². The van der Waals surface area contributed by atoms with Gasteiger partial charge in [-0.2, -0.15) is 0 Å². The molecular formula is C18H19NO3. The van der Waals surface area contributed by atoms with Gasteiger partial charge in [0.1, 0.15) is 5.75 Å². The minimum absolute atomic E-state index is 0.140. The van der Waals surface area contributed by atoms with Crippen LogP contribution in [0.3, 0.4) is 0 Å². The number of amides is 1. The predicted molar refractivity (Wildman–Crippen MR) is 87.6 cm³/mol. The number of anilines is 1. The van der Waals surface area contributed by atoms with Gasteiger partial charge in [-0.25, -0.2) is 0 Å². The van der Waals surface area contributed by atoms with Crippen LogP contribution in [0.25, 0.3) is 0 Å². The molecule has 2 rings (SSSR count). The number of benzene rings is 2. The van der Waals surface area contributed by atoms with Gasteiger partial charge in [-0.15, -0.1) is 0 Å². The van der Waals surface area contributed by atoms with E-state index in [1.54, 1.807) is 37.5 Å². The topological polar surface area (TPSA) is 47.6 Å². The molecule has 0 spiro atoms. The molecule has 1 amide bonds. The number of methoxy groups -OCH3 is 1. The minimum atomic E-state index is -0.140. The van der Waals surface area contributed by atoms with E-state index >= 15 is 0 Å². The maximum atomic E-state index is 11.6. The highest BCUT2D eigenvalue weighted by molar-refractivity contribution is 5.99. The summed E-state index contributed by atoms with van der Waals surface area (Å²) in [6, 6.07) is 14.6. The van der Waals surface area contributed by atoms with Crippen molar-refractivity contribution in [2.75, 3.05) is 12.4 Å². The lowest BCUT2D eigenvalue weighted by Crippen LogP contribution is -2.08. The Labute approximate surface area is 130 Å². The molecule has 0 aromatic heterocycles. The van der Waals surface area contributed by atoms with Crippen LogP contribution in [-0.2, 0) is 4.79 Å². The Kier molecular flexibility index (Phi) is 5.20. The molecule has 4 nitrogen and oxygen atoms in total. The Morgan fingerprint density at radius 2 is 1.64 bits per heavy atom. The Bertz CT molecular complexity index is 671. The van der Waals surface area contributed by atoms with Crippen LogP contribution >= 0.6 is 0 Å². The van der Waals surface area contributed by atoms with Gasteiger partial charge in [0.15, 0.2) is 11.5 Å². The fraction of sp³-hybridized carbons (Fsp3) is 0.167. The van der Waals surface area contributed by atoms with E-state index in [4.69, 9.17) is 9.47 Å². The fourth-order valence-corrected chi connectivity index (χ4v) is 1.88. The van der Waals surface area contributed by atoms with Gasteiger partial charge in [-0.1, -0.05) is 17.7 Å². The highest BCUT2D eigenvalue weighted by atomic mass is 16.5. The molecule has 114 valence electrons. The smallest absolute Gasteiger partial charge is 0.248 e. The number of carbonyl (C=O) groups excluding carboxylic acids is 1. The highest BCUT2D eigenvalue weighted by Crippen LogP contribution is 2.31. The lowest BCUT2D eigenvalue weighted by molar-refractivity contribution is -0.111. The third kappa shape index (κ3) is 4.38. The first-order valence-electron chi connectivity index (χ1n) is 6.95. The van der Waals surface area contributed by atoms with E-state index in [9.17, 15) is 4.79 Å². The molecule has 0 aliphatic carbocycles. The zero-order valence-electron chi connectivity index (χ0n) is 12.9. The molecule has 2 aromatic carbocycles. The van der Waals surface area contributed by atoms with Crippen LogP contribution in [0.15, 0.2) is 60.2 Å². The molecule has 0 bridgehead atoms. The Morgan fingerprint density at radius 1 is 1.00 bits per heavy atom. The molecule has 4 heteroatoms. The summed E-state index contributed by atoms with van der Waals surface area (Å²) in [5, 5.41) is 2.79. The minimum Gasteiger partial charge on any atom is -0.493 e. The average molecular weight is 297 g/mol. The number of nitrogens with one attached hydrogen (secondary N) is 1. The quantitative estimate of drug-likeness (QED) is 0.832. The van der Waals surface area contributed by atoms with Gasteiger partial charge in [-0.3, -0.25) is 4.79 Å². The standard InChI is InChI=1S/C18H19NO3/c1-13(2)12-18(20)19-14-8-10-15(11-9-14)22-17-7-5-4-6-16(17)21-3/h4-12H,1-3H3,(H,19,20). The van der Waals surface area contributed by atoms with Crippen LogP contribution in [-0.4, -0.2) is 13.0 Å². The molecule has 0 fully saturated rings. The van der Waals surface area contributed by atoms with Crippen molar-refractivity contribution >= 4 is 11.6 Å². The van der Waals surface area contributed by atoms with E-state index in [1.807, 2.05) is 38.1 Å². The predicted octanol–water partition coefficient (Wildman–Crippen LogP) is 4.39. The maximum absolute atomic E-state index is 11.6. The molecule has 1 N–H and O–H groups in total. The first-order chi connectivity index (χ1) is 10.6. The first-order valence-corrected chi connectivity index (χ1v) is 6.95. The number of rotatable bonds is 5. The van der Waals surface area contributed by atoms with Crippen LogP contribution in [0.5, 0.6) is 17.2 Å². The molecule has 0 atom stereocenters. The van der Waals surface area contributed by atoms with Crippen molar-refractivity contribution in [1.82, 2.24) is 0 Å².